The number of hydrogen-bond donors (Lipinski definition) is 2. The van der Waals surface area contributed by atoms with E-state index in [1.165, 1.54) is 0 Å². The number of halogens is 4. The zero-order valence-corrected chi connectivity index (χ0v) is 10.5. The van der Waals surface area contributed by atoms with Gasteiger partial charge >= 0.3 is 12.1 Å². The molecule has 0 aliphatic rings. The maximum absolute atomic E-state index is 12.5. The number of aliphatic hydroxyl groups is 1. The molecule has 0 amide bonds. The lowest BCUT2D eigenvalue weighted by molar-refractivity contribution is -0.151. The SMILES string of the molecule is COC(=O)C(O)c1cc(C(F)(F)F)cc(Br)c1O. The number of benzene rings is 1. The Morgan fingerprint density at radius 2 is 2.00 bits per heavy atom. The van der Waals surface area contributed by atoms with Gasteiger partial charge in [-0.2, -0.15) is 13.2 Å². The summed E-state index contributed by atoms with van der Waals surface area (Å²) in [5.41, 5.74) is -1.69. The first-order chi connectivity index (χ1) is 8.18. The molecule has 0 spiro atoms. The minimum Gasteiger partial charge on any atom is -0.506 e. The van der Waals surface area contributed by atoms with Crippen molar-refractivity contribution in [3.05, 3.63) is 27.7 Å². The van der Waals surface area contributed by atoms with E-state index in [-0.39, 0.29) is 4.47 Å². The number of aliphatic hydroxyl groups excluding tert-OH is 1. The van der Waals surface area contributed by atoms with Crippen LogP contribution in [0.2, 0.25) is 0 Å². The predicted molar refractivity (Wildman–Crippen MR) is 57.8 cm³/mol. The van der Waals surface area contributed by atoms with Crippen molar-refractivity contribution in [2.45, 2.75) is 12.3 Å². The van der Waals surface area contributed by atoms with Crippen LogP contribution in [-0.2, 0) is 15.7 Å². The molecule has 0 saturated carbocycles. The predicted octanol–water partition coefficient (Wildman–Crippen LogP) is 2.38. The Kier molecular flexibility index (Phi) is 4.23. The number of alkyl halides is 3. The van der Waals surface area contributed by atoms with Crippen LogP contribution in [0.1, 0.15) is 17.2 Å². The summed E-state index contributed by atoms with van der Waals surface area (Å²) in [6.07, 6.45) is -6.66. The maximum atomic E-state index is 12.5. The van der Waals surface area contributed by atoms with Gasteiger partial charge in [0.05, 0.1) is 17.1 Å². The van der Waals surface area contributed by atoms with Crippen molar-refractivity contribution in [3.8, 4) is 5.75 Å². The molecule has 1 rings (SSSR count). The molecule has 0 saturated heterocycles. The Balaban J connectivity index is 3.35. The number of methoxy groups -OCH3 is 1. The number of esters is 1. The normalized spacial score (nSPS) is 13.2. The van der Waals surface area contributed by atoms with Crippen molar-refractivity contribution >= 4 is 21.9 Å². The van der Waals surface area contributed by atoms with Crippen LogP contribution in [0.5, 0.6) is 5.75 Å². The molecule has 1 unspecified atom stereocenters. The number of hydrogen-bond acceptors (Lipinski definition) is 4. The monoisotopic (exact) mass is 328 g/mol. The Hall–Kier alpha value is -1.28. The number of rotatable bonds is 2. The van der Waals surface area contributed by atoms with Crippen molar-refractivity contribution in [1.82, 2.24) is 0 Å². The van der Waals surface area contributed by atoms with E-state index in [4.69, 9.17) is 0 Å². The lowest BCUT2D eigenvalue weighted by Crippen LogP contribution is -2.15. The first kappa shape index (κ1) is 14.8. The maximum Gasteiger partial charge on any atom is 0.416 e. The Labute approximate surface area is 108 Å². The van der Waals surface area contributed by atoms with Crippen molar-refractivity contribution in [2.75, 3.05) is 7.11 Å². The van der Waals surface area contributed by atoms with Gasteiger partial charge in [0.25, 0.3) is 0 Å². The molecule has 0 fully saturated rings. The third-order valence-corrected chi connectivity index (χ3v) is 2.74. The zero-order chi connectivity index (χ0) is 14.1. The first-order valence-electron chi connectivity index (χ1n) is 4.54. The van der Waals surface area contributed by atoms with Crippen LogP contribution in [-0.4, -0.2) is 23.3 Å². The highest BCUT2D eigenvalue weighted by Crippen LogP contribution is 2.39. The summed E-state index contributed by atoms with van der Waals surface area (Å²) in [4.78, 5) is 11.1. The molecule has 18 heavy (non-hydrogen) atoms. The van der Waals surface area contributed by atoms with E-state index in [0.717, 1.165) is 7.11 Å². The zero-order valence-electron chi connectivity index (χ0n) is 8.95. The molecule has 0 aliphatic heterocycles. The van der Waals surface area contributed by atoms with E-state index >= 15 is 0 Å². The lowest BCUT2D eigenvalue weighted by Gasteiger charge is -2.15. The van der Waals surface area contributed by atoms with Gasteiger partial charge in [-0.1, -0.05) is 0 Å². The average molecular weight is 329 g/mol. The van der Waals surface area contributed by atoms with Gasteiger partial charge in [-0.25, -0.2) is 4.79 Å². The molecule has 0 aliphatic carbocycles. The minimum absolute atomic E-state index is 0.282. The molecule has 4 nitrogen and oxygen atoms in total. The number of ether oxygens (including phenoxy) is 1. The van der Waals surface area contributed by atoms with Crippen LogP contribution in [0.4, 0.5) is 13.2 Å². The van der Waals surface area contributed by atoms with Gasteiger partial charge < -0.3 is 14.9 Å². The van der Waals surface area contributed by atoms with Crippen LogP contribution >= 0.6 is 15.9 Å². The second kappa shape index (κ2) is 5.15. The smallest absolute Gasteiger partial charge is 0.416 e. The van der Waals surface area contributed by atoms with Crippen molar-refractivity contribution in [1.29, 1.82) is 0 Å². The molecule has 0 bridgehead atoms. The third-order valence-electron chi connectivity index (χ3n) is 2.14. The highest BCUT2D eigenvalue weighted by molar-refractivity contribution is 9.10. The molecule has 100 valence electrons. The fourth-order valence-electron chi connectivity index (χ4n) is 1.23. The van der Waals surface area contributed by atoms with E-state index in [1.54, 1.807) is 0 Å². The fourth-order valence-corrected chi connectivity index (χ4v) is 1.71. The molecular formula is C10H8BrF3O4. The van der Waals surface area contributed by atoms with E-state index in [0.29, 0.717) is 12.1 Å². The molecule has 2 N–H and O–H groups in total. The largest absolute Gasteiger partial charge is 0.506 e. The van der Waals surface area contributed by atoms with Gasteiger partial charge in [0, 0.05) is 5.56 Å². The molecule has 8 heteroatoms. The van der Waals surface area contributed by atoms with Crippen LogP contribution in [0, 0.1) is 0 Å². The summed E-state index contributed by atoms with van der Waals surface area (Å²) < 4.78 is 41.5. The number of phenols is 1. The summed E-state index contributed by atoms with van der Waals surface area (Å²) in [5.74, 6) is -1.82. The second-order valence-corrected chi connectivity index (χ2v) is 4.17. The topological polar surface area (TPSA) is 66.8 Å². The third kappa shape index (κ3) is 2.94. The Morgan fingerprint density at radius 3 is 2.44 bits per heavy atom. The standard InChI is InChI=1S/C10H8BrF3O4/c1-18-9(17)8(16)5-2-4(10(12,13)14)3-6(11)7(5)15/h2-3,8,15-16H,1H3. The van der Waals surface area contributed by atoms with Crippen molar-refractivity contribution < 1.29 is 32.9 Å². The molecule has 1 atom stereocenters. The molecule has 1 aromatic carbocycles. The summed E-state index contributed by atoms with van der Waals surface area (Å²) in [5, 5.41) is 19.0. The molecule has 1 aromatic rings. The van der Waals surface area contributed by atoms with E-state index in [9.17, 15) is 28.2 Å². The molecular weight excluding hydrogens is 321 g/mol. The van der Waals surface area contributed by atoms with Crippen LogP contribution in [0.3, 0.4) is 0 Å². The van der Waals surface area contributed by atoms with Crippen molar-refractivity contribution in [2.24, 2.45) is 0 Å². The fraction of sp³-hybridized carbons (Fsp3) is 0.300. The highest BCUT2D eigenvalue weighted by Gasteiger charge is 2.34. The summed E-state index contributed by atoms with van der Waals surface area (Å²) in [7, 11) is 0.964. The Morgan fingerprint density at radius 1 is 1.44 bits per heavy atom. The van der Waals surface area contributed by atoms with Crippen molar-refractivity contribution in [3.63, 3.8) is 0 Å². The summed E-state index contributed by atoms with van der Waals surface area (Å²) in [6, 6.07) is 1.13. The van der Waals surface area contributed by atoms with Gasteiger partial charge in [-0.3, -0.25) is 0 Å². The Bertz CT molecular complexity index is 473. The van der Waals surface area contributed by atoms with Gasteiger partial charge in [0.15, 0.2) is 6.10 Å². The molecule has 0 radical (unpaired) electrons. The number of carbonyl (C=O) groups is 1. The van der Waals surface area contributed by atoms with Crippen LogP contribution < -0.4 is 0 Å². The first-order valence-corrected chi connectivity index (χ1v) is 5.33. The summed E-state index contributed by atoms with van der Waals surface area (Å²) >= 11 is 2.72. The van der Waals surface area contributed by atoms with Gasteiger partial charge in [0.2, 0.25) is 0 Å². The van der Waals surface area contributed by atoms with Gasteiger partial charge in [-0.05, 0) is 28.1 Å². The lowest BCUT2D eigenvalue weighted by atomic mass is 10.0. The van der Waals surface area contributed by atoms with E-state index < -0.39 is 35.1 Å². The van der Waals surface area contributed by atoms with E-state index in [2.05, 4.69) is 20.7 Å². The second-order valence-electron chi connectivity index (χ2n) is 3.32. The number of phenolic OH excluding ortho intramolecular Hbond substituents is 1. The molecule has 0 heterocycles. The average Bonchev–Trinajstić information content (AvgIpc) is 2.29. The number of aromatic hydroxyl groups is 1. The summed E-state index contributed by atoms with van der Waals surface area (Å²) in [6.45, 7) is 0. The number of carbonyl (C=O) groups excluding carboxylic acids is 1. The minimum atomic E-state index is -4.67. The van der Waals surface area contributed by atoms with E-state index in [1.807, 2.05) is 0 Å². The van der Waals surface area contributed by atoms with Crippen LogP contribution in [0.25, 0.3) is 0 Å². The van der Waals surface area contributed by atoms with Gasteiger partial charge in [-0.15, -0.1) is 0 Å². The van der Waals surface area contributed by atoms with Crippen LogP contribution in [0.15, 0.2) is 16.6 Å². The quantitative estimate of drug-likeness (QED) is 0.818. The molecule has 0 aromatic heterocycles. The van der Waals surface area contributed by atoms with Gasteiger partial charge in [0.1, 0.15) is 5.75 Å². The highest BCUT2D eigenvalue weighted by atomic mass is 79.9.